The normalized spacial score (nSPS) is 10.3. The lowest BCUT2D eigenvalue weighted by atomic mass is 10.2. The SMILES string of the molecule is Cc1cc(Br)c(Br)c(Br)c1S. The highest BCUT2D eigenvalue weighted by atomic mass is 79.9. The molecule has 0 nitrogen and oxygen atoms in total. The van der Waals surface area contributed by atoms with Gasteiger partial charge in [-0.25, -0.2) is 0 Å². The largest absolute Gasteiger partial charge is 0.142 e. The molecule has 0 heterocycles. The highest BCUT2D eigenvalue weighted by Gasteiger charge is 2.07. The molecule has 1 aromatic carbocycles. The van der Waals surface area contributed by atoms with Crippen LogP contribution >= 0.6 is 60.4 Å². The molecular weight excluding hydrogens is 356 g/mol. The van der Waals surface area contributed by atoms with Crippen LogP contribution in [0.4, 0.5) is 0 Å². The van der Waals surface area contributed by atoms with Crippen LogP contribution in [0, 0.1) is 6.92 Å². The van der Waals surface area contributed by atoms with Gasteiger partial charge in [0.2, 0.25) is 0 Å². The molecule has 0 radical (unpaired) electrons. The summed E-state index contributed by atoms with van der Waals surface area (Å²) >= 11 is 14.6. The number of hydrogen-bond donors (Lipinski definition) is 1. The quantitative estimate of drug-likeness (QED) is 0.508. The van der Waals surface area contributed by atoms with Gasteiger partial charge in [-0.3, -0.25) is 0 Å². The molecule has 4 heteroatoms. The van der Waals surface area contributed by atoms with Crippen molar-refractivity contribution in [3.05, 3.63) is 25.0 Å². The van der Waals surface area contributed by atoms with Crippen LogP contribution in [-0.4, -0.2) is 0 Å². The number of aryl methyl sites for hydroxylation is 1. The molecular formula is C7H5Br3S. The fourth-order valence-electron chi connectivity index (χ4n) is 0.704. The lowest BCUT2D eigenvalue weighted by Gasteiger charge is -2.05. The molecule has 60 valence electrons. The second kappa shape index (κ2) is 3.81. The van der Waals surface area contributed by atoms with Gasteiger partial charge >= 0.3 is 0 Å². The van der Waals surface area contributed by atoms with Crippen molar-refractivity contribution in [2.45, 2.75) is 11.8 Å². The van der Waals surface area contributed by atoms with E-state index in [1.165, 1.54) is 0 Å². The van der Waals surface area contributed by atoms with E-state index < -0.39 is 0 Å². The van der Waals surface area contributed by atoms with Crippen LogP contribution in [0.1, 0.15) is 5.56 Å². The minimum atomic E-state index is 0.972. The van der Waals surface area contributed by atoms with E-state index >= 15 is 0 Å². The van der Waals surface area contributed by atoms with E-state index in [1.807, 2.05) is 13.0 Å². The topological polar surface area (TPSA) is 0 Å². The lowest BCUT2D eigenvalue weighted by Crippen LogP contribution is -1.81. The van der Waals surface area contributed by atoms with Crippen molar-refractivity contribution in [1.29, 1.82) is 0 Å². The Balaban J connectivity index is 3.46. The Kier molecular flexibility index (Phi) is 3.50. The summed E-state index contributed by atoms with van der Waals surface area (Å²) in [5.41, 5.74) is 1.15. The van der Waals surface area contributed by atoms with Gasteiger partial charge in [0, 0.05) is 18.3 Å². The van der Waals surface area contributed by atoms with E-state index in [-0.39, 0.29) is 0 Å². The summed E-state index contributed by atoms with van der Waals surface area (Å²) in [5.74, 6) is 0. The van der Waals surface area contributed by atoms with Crippen LogP contribution < -0.4 is 0 Å². The summed E-state index contributed by atoms with van der Waals surface area (Å²) in [6.07, 6.45) is 0. The Bertz CT molecular complexity index is 270. The molecule has 1 aromatic rings. The van der Waals surface area contributed by atoms with E-state index in [0.29, 0.717) is 0 Å². The number of rotatable bonds is 0. The summed E-state index contributed by atoms with van der Waals surface area (Å²) in [4.78, 5) is 0.972. The first-order chi connectivity index (χ1) is 5.04. The predicted octanol–water partition coefficient (Wildman–Crippen LogP) is 4.57. The van der Waals surface area contributed by atoms with Gasteiger partial charge in [-0.15, -0.1) is 12.6 Å². The third kappa shape index (κ3) is 2.02. The minimum Gasteiger partial charge on any atom is -0.142 e. The molecule has 0 N–H and O–H groups in total. The third-order valence-electron chi connectivity index (χ3n) is 1.33. The average Bonchev–Trinajstić information content (AvgIpc) is 1.97. The van der Waals surface area contributed by atoms with Gasteiger partial charge in [0.1, 0.15) is 0 Å². The summed E-state index contributed by atoms with van der Waals surface area (Å²) in [6, 6.07) is 2.02. The van der Waals surface area contributed by atoms with Crippen molar-refractivity contribution in [2.24, 2.45) is 0 Å². The summed E-state index contributed by atoms with van der Waals surface area (Å²) < 4.78 is 3.04. The maximum absolute atomic E-state index is 4.33. The molecule has 0 aliphatic rings. The number of benzene rings is 1. The molecule has 0 bridgehead atoms. The number of thiol groups is 1. The molecule has 0 saturated carbocycles. The lowest BCUT2D eigenvalue weighted by molar-refractivity contribution is 1.25. The highest BCUT2D eigenvalue weighted by Crippen LogP contribution is 2.37. The van der Waals surface area contributed by atoms with Crippen molar-refractivity contribution in [2.75, 3.05) is 0 Å². The standard InChI is InChI=1S/C7H5Br3S/c1-3-2-4(8)5(9)6(10)7(3)11/h2,11H,1H3. The van der Waals surface area contributed by atoms with Gasteiger partial charge in [0.25, 0.3) is 0 Å². The summed E-state index contributed by atoms with van der Waals surface area (Å²) in [5, 5.41) is 0. The maximum atomic E-state index is 4.33. The Morgan fingerprint density at radius 3 is 2.27 bits per heavy atom. The van der Waals surface area contributed by atoms with Crippen LogP contribution in [0.15, 0.2) is 24.4 Å². The van der Waals surface area contributed by atoms with Crippen molar-refractivity contribution in [3.8, 4) is 0 Å². The maximum Gasteiger partial charge on any atom is 0.0471 e. The Labute approximate surface area is 96.6 Å². The molecule has 0 aromatic heterocycles. The Morgan fingerprint density at radius 2 is 1.73 bits per heavy atom. The van der Waals surface area contributed by atoms with Crippen LogP contribution in [0.5, 0.6) is 0 Å². The fourth-order valence-corrected chi connectivity index (χ4v) is 2.68. The molecule has 0 unspecified atom stereocenters. The molecule has 0 aliphatic heterocycles. The van der Waals surface area contributed by atoms with Crippen molar-refractivity contribution >= 4 is 60.4 Å². The first-order valence-corrected chi connectivity index (χ1v) is 5.69. The number of halogens is 3. The van der Waals surface area contributed by atoms with E-state index in [1.54, 1.807) is 0 Å². The monoisotopic (exact) mass is 358 g/mol. The smallest absolute Gasteiger partial charge is 0.0471 e. The van der Waals surface area contributed by atoms with Crippen molar-refractivity contribution in [1.82, 2.24) is 0 Å². The second-order valence-electron chi connectivity index (χ2n) is 2.15. The van der Waals surface area contributed by atoms with Gasteiger partial charge in [0.15, 0.2) is 0 Å². The molecule has 0 fully saturated rings. The van der Waals surface area contributed by atoms with E-state index in [4.69, 9.17) is 0 Å². The zero-order chi connectivity index (χ0) is 8.59. The molecule has 0 saturated heterocycles. The zero-order valence-corrected chi connectivity index (χ0v) is 11.3. The van der Waals surface area contributed by atoms with Gasteiger partial charge in [0.05, 0.1) is 0 Å². The van der Waals surface area contributed by atoms with Crippen molar-refractivity contribution in [3.63, 3.8) is 0 Å². The molecule has 0 aliphatic carbocycles. The van der Waals surface area contributed by atoms with Gasteiger partial charge in [-0.1, -0.05) is 0 Å². The van der Waals surface area contributed by atoms with Crippen LogP contribution in [0.25, 0.3) is 0 Å². The van der Waals surface area contributed by atoms with Crippen LogP contribution in [-0.2, 0) is 0 Å². The van der Waals surface area contributed by atoms with Gasteiger partial charge in [-0.2, -0.15) is 0 Å². The average molecular weight is 361 g/mol. The van der Waals surface area contributed by atoms with Gasteiger partial charge < -0.3 is 0 Å². The zero-order valence-electron chi connectivity index (χ0n) is 5.66. The second-order valence-corrected chi connectivity index (χ2v) is 5.04. The van der Waals surface area contributed by atoms with E-state index in [0.717, 1.165) is 23.9 Å². The molecule has 0 amide bonds. The third-order valence-corrected chi connectivity index (χ3v) is 5.52. The van der Waals surface area contributed by atoms with E-state index in [9.17, 15) is 0 Å². The molecule has 0 atom stereocenters. The Morgan fingerprint density at radius 1 is 1.18 bits per heavy atom. The summed E-state index contributed by atoms with van der Waals surface area (Å²) in [6.45, 7) is 2.02. The first kappa shape index (κ1) is 10.1. The van der Waals surface area contributed by atoms with Gasteiger partial charge in [-0.05, 0) is 66.3 Å². The first-order valence-electron chi connectivity index (χ1n) is 2.87. The summed E-state index contributed by atoms with van der Waals surface area (Å²) in [7, 11) is 0. The predicted molar refractivity (Wildman–Crippen MR) is 61.5 cm³/mol. The number of hydrogen-bond acceptors (Lipinski definition) is 1. The molecule has 11 heavy (non-hydrogen) atoms. The fraction of sp³-hybridized carbons (Fsp3) is 0.143. The highest BCUT2D eigenvalue weighted by molar-refractivity contribution is 9.14. The van der Waals surface area contributed by atoms with Crippen LogP contribution in [0.2, 0.25) is 0 Å². The van der Waals surface area contributed by atoms with E-state index in [2.05, 4.69) is 60.4 Å². The Hall–Kier alpha value is 1.01. The minimum absolute atomic E-state index is 0.972. The molecule has 0 spiro atoms. The molecule has 1 rings (SSSR count). The van der Waals surface area contributed by atoms with Crippen LogP contribution in [0.3, 0.4) is 0 Å². The van der Waals surface area contributed by atoms with Crippen molar-refractivity contribution < 1.29 is 0 Å².